The lowest BCUT2D eigenvalue weighted by Crippen LogP contribution is -2.22. The van der Waals surface area contributed by atoms with Gasteiger partial charge in [-0.3, -0.25) is 0 Å². The molecule has 0 bridgehead atoms. The summed E-state index contributed by atoms with van der Waals surface area (Å²) >= 11 is 0. The van der Waals surface area contributed by atoms with Crippen LogP contribution in [0.1, 0.15) is 55.9 Å². The molecule has 1 saturated carbocycles. The minimum Gasteiger partial charge on any atom is -0.437 e. The van der Waals surface area contributed by atoms with E-state index in [1.54, 1.807) is 0 Å². The second-order valence-corrected chi connectivity index (χ2v) is 6.76. The van der Waals surface area contributed by atoms with Crippen LogP contribution in [0.25, 0.3) is 11.6 Å². The van der Waals surface area contributed by atoms with E-state index in [1.165, 1.54) is 38.5 Å². The van der Waals surface area contributed by atoms with Crippen LogP contribution in [0.15, 0.2) is 4.42 Å². The standard InChI is InChI=1S/C16H22N4O/c1-11-14(21-12(2)17-11)15-19-18-13-9-16(10-20(13)15)7-5-3-4-6-8-16/h3-10H2,1-2H3. The summed E-state index contributed by atoms with van der Waals surface area (Å²) in [6.45, 7) is 4.90. The van der Waals surface area contributed by atoms with Crippen molar-refractivity contribution in [2.45, 2.75) is 65.3 Å². The van der Waals surface area contributed by atoms with Gasteiger partial charge in [0.1, 0.15) is 5.82 Å². The fourth-order valence-corrected chi connectivity index (χ4v) is 4.08. The third-order valence-electron chi connectivity index (χ3n) is 5.12. The quantitative estimate of drug-likeness (QED) is 0.805. The van der Waals surface area contributed by atoms with Gasteiger partial charge >= 0.3 is 0 Å². The first kappa shape index (κ1) is 13.0. The predicted octanol–water partition coefficient (Wildman–Crippen LogP) is 3.45. The van der Waals surface area contributed by atoms with E-state index in [2.05, 4.69) is 19.7 Å². The molecular formula is C16H22N4O. The van der Waals surface area contributed by atoms with Crippen molar-refractivity contribution < 1.29 is 4.42 Å². The molecule has 0 unspecified atom stereocenters. The summed E-state index contributed by atoms with van der Waals surface area (Å²) < 4.78 is 8.03. The third-order valence-corrected chi connectivity index (χ3v) is 5.12. The summed E-state index contributed by atoms with van der Waals surface area (Å²) in [5.74, 6) is 3.48. The summed E-state index contributed by atoms with van der Waals surface area (Å²) in [6, 6.07) is 0. The molecule has 0 radical (unpaired) electrons. The molecule has 0 saturated heterocycles. The first-order chi connectivity index (χ1) is 10.2. The number of nitrogens with zero attached hydrogens (tertiary/aromatic N) is 4. The van der Waals surface area contributed by atoms with E-state index >= 15 is 0 Å². The highest BCUT2D eigenvalue weighted by molar-refractivity contribution is 5.51. The Balaban J connectivity index is 1.70. The van der Waals surface area contributed by atoms with Crippen molar-refractivity contribution in [2.75, 3.05) is 0 Å². The summed E-state index contributed by atoms with van der Waals surface area (Å²) in [7, 11) is 0. The van der Waals surface area contributed by atoms with E-state index in [4.69, 9.17) is 4.42 Å². The molecule has 5 heteroatoms. The molecule has 4 rings (SSSR count). The Labute approximate surface area is 124 Å². The highest BCUT2D eigenvalue weighted by Crippen LogP contribution is 2.44. The van der Waals surface area contributed by atoms with Crippen LogP contribution >= 0.6 is 0 Å². The van der Waals surface area contributed by atoms with Crippen LogP contribution < -0.4 is 0 Å². The van der Waals surface area contributed by atoms with Gasteiger partial charge in [-0.15, -0.1) is 10.2 Å². The SMILES string of the molecule is Cc1nc(C)c(-c2nnc3n2CC2(CCCCCC2)C3)o1. The lowest BCUT2D eigenvalue weighted by atomic mass is 9.79. The smallest absolute Gasteiger partial charge is 0.201 e. The van der Waals surface area contributed by atoms with E-state index in [0.717, 1.165) is 36.1 Å². The molecular weight excluding hydrogens is 264 g/mol. The topological polar surface area (TPSA) is 56.7 Å². The molecule has 1 spiro atoms. The van der Waals surface area contributed by atoms with Crippen molar-refractivity contribution in [3.8, 4) is 11.6 Å². The molecule has 112 valence electrons. The van der Waals surface area contributed by atoms with Gasteiger partial charge in [0.25, 0.3) is 0 Å². The van der Waals surface area contributed by atoms with E-state index in [9.17, 15) is 0 Å². The maximum atomic E-state index is 5.75. The van der Waals surface area contributed by atoms with Crippen molar-refractivity contribution in [3.63, 3.8) is 0 Å². The van der Waals surface area contributed by atoms with Crippen molar-refractivity contribution >= 4 is 0 Å². The third kappa shape index (κ3) is 2.10. The Morgan fingerprint density at radius 2 is 1.81 bits per heavy atom. The van der Waals surface area contributed by atoms with Crippen molar-refractivity contribution in [1.29, 1.82) is 0 Å². The zero-order valence-corrected chi connectivity index (χ0v) is 12.9. The van der Waals surface area contributed by atoms with Gasteiger partial charge in [0, 0.05) is 19.9 Å². The Bertz CT molecular complexity index is 662. The molecule has 2 aromatic heterocycles. The fraction of sp³-hybridized carbons (Fsp3) is 0.688. The van der Waals surface area contributed by atoms with Crippen LogP contribution in [0.2, 0.25) is 0 Å². The van der Waals surface area contributed by atoms with Gasteiger partial charge < -0.3 is 8.98 Å². The molecule has 2 aliphatic rings. The van der Waals surface area contributed by atoms with Gasteiger partial charge in [0.2, 0.25) is 5.82 Å². The first-order valence-electron chi connectivity index (χ1n) is 8.03. The molecule has 0 atom stereocenters. The monoisotopic (exact) mass is 286 g/mol. The molecule has 2 aromatic rings. The maximum absolute atomic E-state index is 5.75. The van der Waals surface area contributed by atoms with E-state index in [-0.39, 0.29) is 0 Å². The highest BCUT2D eigenvalue weighted by atomic mass is 16.4. The van der Waals surface area contributed by atoms with Crippen LogP contribution in [0.4, 0.5) is 0 Å². The van der Waals surface area contributed by atoms with Gasteiger partial charge in [-0.05, 0) is 25.2 Å². The zero-order chi connectivity index (χ0) is 14.4. The summed E-state index contributed by atoms with van der Waals surface area (Å²) in [5.41, 5.74) is 1.32. The van der Waals surface area contributed by atoms with Gasteiger partial charge in [0.05, 0.1) is 5.69 Å². The number of aromatic nitrogens is 4. The minimum atomic E-state index is 0.416. The van der Waals surface area contributed by atoms with E-state index < -0.39 is 0 Å². The first-order valence-corrected chi connectivity index (χ1v) is 8.03. The fourth-order valence-electron chi connectivity index (χ4n) is 4.08. The van der Waals surface area contributed by atoms with Gasteiger partial charge in [-0.2, -0.15) is 0 Å². The average molecular weight is 286 g/mol. The van der Waals surface area contributed by atoms with Crippen molar-refractivity contribution in [2.24, 2.45) is 5.41 Å². The molecule has 0 amide bonds. The number of hydrogen-bond donors (Lipinski definition) is 0. The number of aryl methyl sites for hydroxylation is 2. The normalized spacial score (nSPS) is 20.7. The second kappa shape index (κ2) is 4.68. The number of fused-ring (bicyclic) bond motifs is 1. The lowest BCUT2D eigenvalue weighted by molar-refractivity contribution is 0.238. The molecule has 1 aliphatic carbocycles. The average Bonchev–Trinajstić information content (AvgIpc) is 2.99. The van der Waals surface area contributed by atoms with Gasteiger partial charge in [0.15, 0.2) is 11.7 Å². The Morgan fingerprint density at radius 3 is 2.48 bits per heavy atom. The summed E-state index contributed by atoms with van der Waals surface area (Å²) in [6.07, 6.45) is 9.20. The largest absolute Gasteiger partial charge is 0.437 e. The van der Waals surface area contributed by atoms with E-state index in [0.29, 0.717) is 11.3 Å². The molecule has 3 heterocycles. The van der Waals surface area contributed by atoms with Crippen molar-refractivity contribution in [3.05, 3.63) is 17.4 Å². The Kier molecular flexibility index (Phi) is 2.91. The summed E-state index contributed by atoms with van der Waals surface area (Å²) in [5, 5.41) is 8.79. The van der Waals surface area contributed by atoms with Crippen LogP contribution in [0.5, 0.6) is 0 Å². The molecule has 21 heavy (non-hydrogen) atoms. The molecule has 5 nitrogen and oxygen atoms in total. The van der Waals surface area contributed by atoms with E-state index in [1.807, 2.05) is 13.8 Å². The van der Waals surface area contributed by atoms with Gasteiger partial charge in [-0.25, -0.2) is 4.98 Å². The second-order valence-electron chi connectivity index (χ2n) is 6.76. The Hall–Kier alpha value is -1.65. The molecule has 0 N–H and O–H groups in total. The van der Waals surface area contributed by atoms with Crippen LogP contribution in [0.3, 0.4) is 0 Å². The lowest BCUT2D eigenvalue weighted by Gasteiger charge is -2.26. The molecule has 1 aliphatic heterocycles. The molecule has 0 aromatic carbocycles. The minimum absolute atomic E-state index is 0.416. The predicted molar refractivity (Wildman–Crippen MR) is 78.8 cm³/mol. The van der Waals surface area contributed by atoms with Crippen LogP contribution in [-0.4, -0.2) is 19.7 Å². The Morgan fingerprint density at radius 1 is 1.05 bits per heavy atom. The van der Waals surface area contributed by atoms with Crippen molar-refractivity contribution in [1.82, 2.24) is 19.7 Å². The number of rotatable bonds is 1. The zero-order valence-electron chi connectivity index (χ0n) is 12.9. The summed E-state index contributed by atoms with van der Waals surface area (Å²) in [4.78, 5) is 4.36. The van der Waals surface area contributed by atoms with Crippen LogP contribution in [0, 0.1) is 19.3 Å². The number of hydrogen-bond acceptors (Lipinski definition) is 4. The highest BCUT2D eigenvalue weighted by Gasteiger charge is 2.40. The van der Waals surface area contributed by atoms with Gasteiger partial charge in [-0.1, -0.05) is 25.7 Å². The van der Waals surface area contributed by atoms with Crippen LogP contribution in [-0.2, 0) is 13.0 Å². The molecule has 1 fully saturated rings. The number of oxazole rings is 1. The maximum Gasteiger partial charge on any atom is 0.201 e.